The van der Waals surface area contributed by atoms with Gasteiger partial charge in [0, 0.05) is 36.8 Å². The van der Waals surface area contributed by atoms with Crippen LogP contribution in [0.2, 0.25) is 10.0 Å². The molecule has 0 aliphatic carbocycles. The fraction of sp³-hybridized carbons (Fsp3) is 0.333. The predicted octanol–water partition coefficient (Wildman–Crippen LogP) is 4.59. The normalized spacial score (nSPS) is 16.9. The number of hydrogen-bond donors (Lipinski definition) is 2. The lowest BCUT2D eigenvalue weighted by Crippen LogP contribution is -2.45. The minimum Gasteiger partial charge on any atom is -0.507 e. The second-order valence-corrected chi connectivity index (χ2v) is 6.97. The van der Waals surface area contributed by atoms with E-state index in [0.717, 1.165) is 13.1 Å². The Bertz CT molecular complexity index is 771. The number of phenols is 1. The zero-order chi connectivity index (χ0) is 19.6. The van der Waals surface area contributed by atoms with Gasteiger partial charge in [0.1, 0.15) is 11.5 Å². The molecule has 1 aliphatic rings. The molecule has 1 fully saturated rings. The zero-order valence-electron chi connectivity index (χ0n) is 14.1. The Morgan fingerprint density at radius 3 is 2.26 bits per heavy atom. The first kappa shape index (κ1) is 20.1. The average Bonchev–Trinajstić information content (AvgIpc) is 2.58. The molecule has 0 aromatic heterocycles. The first-order valence-corrected chi connectivity index (χ1v) is 8.98. The standard InChI is InChI=1S/C18H17Cl2F3N2O2/c19-12-9-14(20)16(15(26)10-12)17(25-7-5-24-6-8-25)11-1-3-13(4-2-11)27-18(21,22)23/h1-4,9-10,17,24,26H,5-8H2/t17-/m0/s1. The monoisotopic (exact) mass is 420 g/mol. The van der Waals surface area contributed by atoms with Crippen LogP contribution in [0.3, 0.4) is 0 Å². The molecule has 2 aromatic carbocycles. The Hall–Kier alpha value is -1.67. The van der Waals surface area contributed by atoms with Gasteiger partial charge in [-0.2, -0.15) is 0 Å². The molecule has 0 unspecified atom stereocenters. The topological polar surface area (TPSA) is 44.7 Å². The number of nitrogens with one attached hydrogen (secondary N) is 1. The highest BCUT2D eigenvalue weighted by Crippen LogP contribution is 2.41. The van der Waals surface area contributed by atoms with Crippen LogP contribution < -0.4 is 10.1 Å². The van der Waals surface area contributed by atoms with Crippen LogP contribution in [0.1, 0.15) is 17.2 Å². The molecule has 0 spiro atoms. The summed E-state index contributed by atoms with van der Waals surface area (Å²) in [5.74, 6) is -0.372. The summed E-state index contributed by atoms with van der Waals surface area (Å²) in [5, 5.41) is 14.3. The van der Waals surface area contributed by atoms with Crippen LogP contribution in [0.25, 0.3) is 0 Å². The SMILES string of the molecule is Oc1cc(Cl)cc(Cl)c1[C@H](c1ccc(OC(F)(F)F)cc1)N1CCNCC1. The van der Waals surface area contributed by atoms with Crippen molar-refractivity contribution in [1.82, 2.24) is 10.2 Å². The molecule has 1 atom stereocenters. The van der Waals surface area contributed by atoms with Crippen LogP contribution in [-0.2, 0) is 0 Å². The van der Waals surface area contributed by atoms with E-state index in [1.807, 2.05) is 0 Å². The van der Waals surface area contributed by atoms with E-state index in [9.17, 15) is 18.3 Å². The van der Waals surface area contributed by atoms with Gasteiger partial charge in [-0.15, -0.1) is 13.2 Å². The summed E-state index contributed by atoms with van der Waals surface area (Å²) in [6.07, 6.45) is -4.75. The van der Waals surface area contributed by atoms with E-state index in [0.29, 0.717) is 34.3 Å². The number of nitrogens with zero attached hydrogens (tertiary/aromatic N) is 1. The molecule has 0 amide bonds. The lowest BCUT2D eigenvalue weighted by Gasteiger charge is -2.36. The maximum atomic E-state index is 12.4. The van der Waals surface area contributed by atoms with Gasteiger partial charge in [-0.25, -0.2) is 0 Å². The van der Waals surface area contributed by atoms with Crippen LogP contribution in [-0.4, -0.2) is 42.5 Å². The van der Waals surface area contributed by atoms with E-state index in [4.69, 9.17) is 23.2 Å². The Morgan fingerprint density at radius 2 is 1.70 bits per heavy atom. The van der Waals surface area contributed by atoms with Crippen LogP contribution in [0.15, 0.2) is 36.4 Å². The van der Waals surface area contributed by atoms with Crippen molar-refractivity contribution in [3.8, 4) is 11.5 Å². The van der Waals surface area contributed by atoms with Crippen LogP contribution in [0, 0.1) is 0 Å². The van der Waals surface area contributed by atoms with Crippen molar-refractivity contribution in [2.75, 3.05) is 26.2 Å². The first-order chi connectivity index (χ1) is 12.7. The van der Waals surface area contributed by atoms with E-state index >= 15 is 0 Å². The number of rotatable bonds is 4. The summed E-state index contributed by atoms with van der Waals surface area (Å²) in [7, 11) is 0. The zero-order valence-corrected chi connectivity index (χ0v) is 15.6. The van der Waals surface area contributed by atoms with E-state index in [1.165, 1.54) is 36.4 Å². The Kier molecular flexibility index (Phi) is 6.05. The van der Waals surface area contributed by atoms with Gasteiger partial charge in [0.2, 0.25) is 0 Å². The minimum absolute atomic E-state index is 0.0633. The highest BCUT2D eigenvalue weighted by molar-refractivity contribution is 6.35. The quantitative estimate of drug-likeness (QED) is 0.758. The van der Waals surface area contributed by atoms with E-state index in [-0.39, 0.29) is 11.5 Å². The molecule has 3 rings (SSSR count). The van der Waals surface area contributed by atoms with E-state index in [1.54, 1.807) is 0 Å². The second-order valence-electron chi connectivity index (χ2n) is 6.13. The van der Waals surface area contributed by atoms with Crippen molar-refractivity contribution in [2.45, 2.75) is 12.4 Å². The number of piperazine rings is 1. The van der Waals surface area contributed by atoms with Gasteiger partial charge in [-0.05, 0) is 29.8 Å². The van der Waals surface area contributed by atoms with E-state index in [2.05, 4.69) is 15.0 Å². The highest BCUT2D eigenvalue weighted by atomic mass is 35.5. The molecule has 0 saturated carbocycles. The summed E-state index contributed by atoms with van der Waals surface area (Å²) in [6, 6.07) is 8.08. The molecular formula is C18H17Cl2F3N2O2. The average molecular weight is 421 g/mol. The fourth-order valence-electron chi connectivity index (χ4n) is 3.19. The molecule has 9 heteroatoms. The Labute approximate surface area is 164 Å². The van der Waals surface area contributed by atoms with Crippen molar-refractivity contribution in [2.24, 2.45) is 0 Å². The molecule has 1 heterocycles. The summed E-state index contributed by atoms with van der Waals surface area (Å²) in [5.41, 5.74) is 1.15. The molecule has 1 saturated heterocycles. The number of phenolic OH excluding ortho intramolecular Hbond substituents is 1. The molecular weight excluding hydrogens is 404 g/mol. The van der Waals surface area contributed by atoms with Gasteiger partial charge in [0.15, 0.2) is 0 Å². The third-order valence-electron chi connectivity index (χ3n) is 4.29. The van der Waals surface area contributed by atoms with Gasteiger partial charge < -0.3 is 15.2 Å². The molecule has 2 N–H and O–H groups in total. The Morgan fingerprint density at radius 1 is 1.07 bits per heavy atom. The van der Waals surface area contributed by atoms with Crippen LogP contribution in [0.4, 0.5) is 13.2 Å². The minimum atomic E-state index is -4.75. The molecule has 1 aliphatic heterocycles. The first-order valence-electron chi connectivity index (χ1n) is 8.23. The van der Waals surface area contributed by atoms with Crippen molar-refractivity contribution in [1.29, 1.82) is 0 Å². The fourth-order valence-corrected chi connectivity index (χ4v) is 3.78. The Balaban J connectivity index is 2.00. The summed E-state index contributed by atoms with van der Waals surface area (Å²) >= 11 is 12.3. The van der Waals surface area contributed by atoms with Gasteiger partial charge in [0.25, 0.3) is 0 Å². The van der Waals surface area contributed by atoms with Gasteiger partial charge >= 0.3 is 6.36 Å². The van der Waals surface area contributed by atoms with Crippen molar-refractivity contribution >= 4 is 23.2 Å². The molecule has 0 radical (unpaired) electrons. The third-order valence-corrected chi connectivity index (χ3v) is 4.82. The smallest absolute Gasteiger partial charge is 0.507 e. The summed E-state index contributed by atoms with van der Waals surface area (Å²) in [4.78, 5) is 2.10. The summed E-state index contributed by atoms with van der Waals surface area (Å²) in [6.45, 7) is 2.86. The molecule has 2 aromatic rings. The van der Waals surface area contributed by atoms with Crippen molar-refractivity contribution in [3.05, 3.63) is 57.6 Å². The number of hydrogen-bond acceptors (Lipinski definition) is 4. The maximum absolute atomic E-state index is 12.4. The number of alkyl halides is 3. The van der Waals surface area contributed by atoms with Gasteiger partial charge in [-0.1, -0.05) is 35.3 Å². The molecule has 27 heavy (non-hydrogen) atoms. The number of benzene rings is 2. The predicted molar refractivity (Wildman–Crippen MR) is 97.5 cm³/mol. The molecule has 146 valence electrons. The second kappa shape index (κ2) is 8.14. The van der Waals surface area contributed by atoms with E-state index < -0.39 is 12.4 Å². The summed E-state index contributed by atoms with van der Waals surface area (Å²) < 4.78 is 41.1. The van der Waals surface area contributed by atoms with Gasteiger partial charge in [0.05, 0.1) is 11.1 Å². The number of aromatic hydroxyl groups is 1. The molecule has 4 nitrogen and oxygen atoms in total. The lowest BCUT2D eigenvalue weighted by molar-refractivity contribution is -0.274. The maximum Gasteiger partial charge on any atom is 0.573 e. The van der Waals surface area contributed by atoms with Crippen molar-refractivity contribution in [3.63, 3.8) is 0 Å². The highest BCUT2D eigenvalue weighted by Gasteiger charge is 2.32. The third kappa shape index (κ3) is 4.99. The van der Waals surface area contributed by atoms with Gasteiger partial charge in [-0.3, -0.25) is 4.90 Å². The molecule has 0 bridgehead atoms. The number of halogens is 5. The van der Waals surface area contributed by atoms with Crippen LogP contribution in [0.5, 0.6) is 11.5 Å². The van der Waals surface area contributed by atoms with Crippen LogP contribution >= 0.6 is 23.2 Å². The number of ether oxygens (including phenoxy) is 1. The largest absolute Gasteiger partial charge is 0.573 e. The van der Waals surface area contributed by atoms with Crippen molar-refractivity contribution < 1.29 is 23.0 Å². The lowest BCUT2D eigenvalue weighted by atomic mass is 9.95.